The summed E-state index contributed by atoms with van der Waals surface area (Å²) in [6.45, 7) is 0.158. The topological polar surface area (TPSA) is 77.1 Å². The molecule has 0 bridgehead atoms. The molecule has 2 aliphatic heterocycles. The van der Waals surface area contributed by atoms with E-state index in [1.54, 1.807) is 42.0 Å². The quantitative estimate of drug-likeness (QED) is 0.621. The third-order valence-corrected chi connectivity index (χ3v) is 6.50. The van der Waals surface area contributed by atoms with Crippen LogP contribution in [0.4, 0.5) is 11.4 Å². The van der Waals surface area contributed by atoms with E-state index < -0.39 is 0 Å². The zero-order valence-corrected chi connectivity index (χ0v) is 18.1. The Balaban J connectivity index is 1.36. The Morgan fingerprint density at radius 2 is 1.88 bits per heavy atom. The minimum Gasteiger partial charge on any atom is -0.497 e. The minimum absolute atomic E-state index is 0.0416. The standard InChI is InChI=1S/C24H20N2O5S/c1-29-19-8-6-18(7-9-19)26-22(27)13-32-24(26)16-3-2-4-17(11-16)25-23(28)15-5-10-20-21(12-15)31-14-30-20/h2-12,24H,13-14H2,1H3,(H,25,28)/t24-/m0/s1. The van der Waals surface area contributed by atoms with E-state index in [9.17, 15) is 9.59 Å². The number of carbonyl (C=O) groups is 2. The van der Waals surface area contributed by atoms with Gasteiger partial charge in [0, 0.05) is 16.9 Å². The fourth-order valence-corrected chi connectivity index (χ4v) is 4.87. The normalized spacial score (nSPS) is 16.8. The molecule has 162 valence electrons. The summed E-state index contributed by atoms with van der Waals surface area (Å²) < 4.78 is 15.9. The van der Waals surface area contributed by atoms with Crippen LogP contribution in [0.15, 0.2) is 66.7 Å². The monoisotopic (exact) mass is 448 g/mol. The zero-order chi connectivity index (χ0) is 22.1. The predicted octanol–water partition coefficient (Wildman–Crippen LogP) is 4.45. The van der Waals surface area contributed by atoms with Crippen LogP contribution in [0.3, 0.4) is 0 Å². The largest absolute Gasteiger partial charge is 0.497 e. The number of carbonyl (C=O) groups excluding carboxylic acids is 2. The summed E-state index contributed by atoms with van der Waals surface area (Å²) in [5.41, 5.74) is 2.87. The number of benzene rings is 3. The van der Waals surface area contributed by atoms with Gasteiger partial charge in [-0.05, 0) is 60.2 Å². The third kappa shape index (κ3) is 3.85. The molecule has 1 atom stereocenters. The number of nitrogens with one attached hydrogen (secondary N) is 1. The Morgan fingerprint density at radius 1 is 1.06 bits per heavy atom. The summed E-state index contributed by atoms with van der Waals surface area (Å²) in [7, 11) is 1.61. The van der Waals surface area contributed by atoms with Gasteiger partial charge >= 0.3 is 0 Å². The van der Waals surface area contributed by atoms with Crippen molar-refractivity contribution in [3.05, 3.63) is 77.9 Å². The van der Waals surface area contributed by atoms with Gasteiger partial charge in [0.2, 0.25) is 12.7 Å². The van der Waals surface area contributed by atoms with Gasteiger partial charge in [0.25, 0.3) is 5.91 Å². The van der Waals surface area contributed by atoms with Crippen LogP contribution in [0.25, 0.3) is 0 Å². The molecule has 5 rings (SSSR count). The Morgan fingerprint density at radius 3 is 2.69 bits per heavy atom. The Kier molecular flexibility index (Phi) is 5.36. The molecule has 0 aromatic heterocycles. The minimum atomic E-state index is -0.248. The lowest BCUT2D eigenvalue weighted by Crippen LogP contribution is -2.27. The van der Waals surface area contributed by atoms with E-state index in [4.69, 9.17) is 14.2 Å². The third-order valence-electron chi connectivity index (χ3n) is 5.28. The van der Waals surface area contributed by atoms with Crippen LogP contribution >= 0.6 is 11.8 Å². The van der Waals surface area contributed by atoms with Crippen molar-refractivity contribution in [2.75, 3.05) is 29.9 Å². The highest BCUT2D eigenvalue weighted by atomic mass is 32.2. The summed E-state index contributed by atoms with van der Waals surface area (Å²) in [4.78, 5) is 27.2. The summed E-state index contributed by atoms with van der Waals surface area (Å²) in [6.07, 6.45) is 0. The first-order chi connectivity index (χ1) is 15.6. The molecule has 1 N–H and O–H groups in total. The van der Waals surface area contributed by atoms with Crippen molar-refractivity contribution < 1.29 is 23.8 Å². The number of hydrogen-bond donors (Lipinski definition) is 1. The highest BCUT2D eigenvalue weighted by Crippen LogP contribution is 2.42. The zero-order valence-electron chi connectivity index (χ0n) is 17.2. The molecule has 3 aromatic carbocycles. The van der Waals surface area contributed by atoms with Gasteiger partial charge in [-0.1, -0.05) is 12.1 Å². The van der Waals surface area contributed by atoms with Crippen LogP contribution in [-0.4, -0.2) is 31.5 Å². The molecule has 3 aromatic rings. The van der Waals surface area contributed by atoms with Crippen molar-refractivity contribution in [2.45, 2.75) is 5.37 Å². The van der Waals surface area contributed by atoms with E-state index in [1.165, 1.54) is 0 Å². The second-order valence-corrected chi connectivity index (χ2v) is 8.34. The van der Waals surface area contributed by atoms with E-state index in [0.717, 1.165) is 17.0 Å². The van der Waals surface area contributed by atoms with Gasteiger partial charge in [-0.3, -0.25) is 14.5 Å². The smallest absolute Gasteiger partial charge is 0.255 e. The SMILES string of the molecule is COc1ccc(N2C(=O)CS[C@H]2c2cccc(NC(=O)c3ccc4c(c3)OCO4)c2)cc1. The first kappa shape index (κ1) is 20.3. The van der Waals surface area contributed by atoms with Crippen molar-refractivity contribution in [3.8, 4) is 17.2 Å². The fourth-order valence-electron chi connectivity index (χ4n) is 3.70. The summed E-state index contributed by atoms with van der Waals surface area (Å²) in [5.74, 6) is 2.11. The molecular formula is C24H20N2O5S. The number of anilines is 2. The summed E-state index contributed by atoms with van der Waals surface area (Å²) in [6, 6.07) is 20.1. The molecule has 7 nitrogen and oxygen atoms in total. The van der Waals surface area contributed by atoms with Crippen LogP contribution < -0.4 is 24.4 Å². The average Bonchev–Trinajstić information content (AvgIpc) is 3.45. The first-order valence-electron chi connectivity index (χ1n) is 10.0. The fraction of sp³-hybridized carbons (Fsp3) is 0.167. The molecule has 0 unspecified atom stereocenters. The number of fused-ring (bicyclic) bond motifs is 1. The van der Waals surface area contributed by atoms with E-state index in [2.05, 4.69) is 5.32 Å². The van der Waals surface area contributed by atoms with E-state index in [1.807, 2.05) is 48.5 Å². The van der Waals surface area contributed by atoms with Crippen molar-refractivity contribution in [1.82, 2.24) is 0 Å². The number of rotatable bonds is 5. The maximum absolute atomic E-state index is 12.8. The lowest BCUT2D eigenvalue weighted by atomic mass is 10.1. The maximum atomic E-state index is 12.8. The second-order valence-electron chi connectivity index (χ2n) is 7.27. The van der Waals surface area contributed by atoms with Crippen molar-refractivity contribution in [3.63, 3.8) is 0 Å². The van der Waals surface area contributed by atoms with Crippen LogP contribution in [0.1, 0.15) is 21.3 Å². The van der Waals surface area contributed by atoms with E-state index in [-0.39, 0.29) is 24.0 Å². The van der Waals surface area contributed by atoms with Gasteiger partial charge < -0.3 is 19.5 Å². The molecule has 2 amide bonds. The molecule has 1 saturated heterocycles. The lowest BCUT2D eigenvalue weighted by molar-refractivity contribution is -0.115. The van der Waals surface area contributed by atoms with Crippen LogP contribution in [0, 0.1) is 0 Å². The molecule has 2 aliphatic rings. The molecule has 0 radical (unpaired) electrons. The molecular weight excluding hydrogens is 428 g/mol. The van der Waals surface area contributed by atoms with Crippen LogP contribution in [-0.2, 0) is 4.79 Å². The summed E-state index contributed by atoms with van der Waals surface area (Å²) >= 11 is 1.56. The second kappa shape index (κ2) is 8.47. The molecule has 0 saturated carbocycles. The molecule has 2 heterocycles. The van der Waals surface area contributed by atoms with Gasteiger partial charge in [-0.2, -0.15) is 0 Å². The van der Waals surface area contributed by atoms with Crippen molar-refractivity contribution in [2.24, 2.45) is 0 Å². The van der Waals surface area contributed by atoms with E-state index >= 15 is 0 Å². The molecule has 32 heavy (non-hydrogen) atoms. The number of amides is 2. The Bertz CT molecular complexity index is 1180. The Hall–Kier alpha value is -3.65. The molecule has 1 fully saturated rings. The molecule has 0 aliphatic carbocycles. The number of methoxy groups -OCH3 is 1. The van der Waals surface area contributed by atoms with Gasteiger partial charge in [-0.25, -0.2) is 0 Å². The van der Waals surface area contributed by atoms with Crippen LogP contribution in [0.2, 0.25) is 0 Å². The first-order valence-corrected chi connectivity index (χ1v) is 11.1. The highest BCUT2D eigenvalue weighted by Gasteiger charge is 2.34. The molecule has 8 heteroatoms. The van der Waals surface area contributed by atoms with Gasteiger partial charge in [0.05, 0.1) is 12.9 Å². The number of hydrogen-bond acceptors (Lipinski definition) is 6. The van der Waals surface area contributed by atoms with Crippen molar-refractivity contribution in [1.29, 1.82) is 0 Å². The van der Waals surface area contributed by atoms with Gasteiger partial charge in [-0.15, -0.1) is 11.8 Å². The maximum Gasteiger partial charge on any atom is 0.255 e. The summed E-state index contributed by atoms with van der Waals surface area (Å²) in [5, 5.41) is 2.75. The average molecular weight is 449 g/mol. The predicted molar refractivity (Wildman–Crippen MR) is 123 cm³/mol. The number of ether oxygens (including phenoxy) is 3. The highest BCUT2D eigenvalue weighted by molar-refractivity contribution is 8.00. The van der Waals surface area contributed by atoms with E-state index in [0.29, 0.717) is 28.5 Å². The van der Waals surface area contributed by atoms with Gasteiger partial charge in [0.1, 0.15) is 11.1 Å². The molecule has 0 spiro atoms. The lowest BCUT2D eigenvalue weighted by Gasteiger charge is -2.25. The number of thioether (sulfide) groups is 1. The van der Waals surface area contributed by atoms with Crippen LogP contribution in [0.5, 0.6) is 17.2 Å². The number of nitrogens with zero attached hydrogens (tertiary/aromatic N) is 1. The Labute approximate surface area is 189 Å². The van der Waals surface area contributed by atoms with Gasteiger partial charge in [0.15, 0.2) is 11.5 Å². The van der Waals surface area contributed by atoms with Crippen molar-refractivity contribution >= 4 is 35.0 Å².